The molecule has 0 aromatic heterocycles. The van der Waals surface area contributed by atoms with Gasteiger partial charge in [0, 0.05) is 0 Å². The van der Waals surface area contributed by atoms with Crippen LogP contribution in [0.15, 0.2) is 127 Å². The van der Waals surface area contributed by atoms with E-state index in [1.807, 2.05) is 24.3 Å². The van der Waals surface area contributed by atoms with Crippen LogP contribution in [0.5, 0.6) is 0 Å². The summed E-state index contributed by atoms with van der Waals surface area (Å²) in [6.45, 7) is 0. The number of hydrogen-bond donors (Lipinski definition) is 0. The van der Waals surface area contributed by atoms with Gasteiger partial charge in [-0.3, -0.25) is 0 Å². The highest BCUT2D eigenvalue weighted by Crippen LogP contribution is 2.33. The zero-order valence-corrected chi connectivity index (χ0v) is 19.7. The quantitative estimate of drug-likeness (QED) is 0.274. The van der Waals surface area contributed by atoms with Gasteiger partial charge in [-0.15, -0.1) is 0 Å². The molecule has 5 rings (SSSR count). The highest BCUT2D eigenvalue weighted by atomic mass is 19.4. The number of benzene rings is 4. The second kappa shape index (κ2) is 10.2. The van der Waals surface area contributed by atoms with Crippen LogP contribution < -0.4 is 0 Å². The van der Waals surface area contributed by atoms with Crippen LogP contribution in [-0.2, 0) is 6.18 Å². The van der Waals surface area contributed by atoms with Crippen molar-refractivity contribution in [3.63, 3.8) is 0 Å². The first-order valence-electron chi connectivity index (χ1n) is 12.0. The lowest BCUT2D eigenvalue weighted by molar-refractivity contribution is -0.137. The van der Waals surface area contributed by atoms with E-state index >= 15 is 0 Å². The maximum Gasteiger partial charge on any atom is 0.416 e. The van der Waals surface area contributed by atoms with E-state index in [0.717, 1.165) is 58.4 Å². The maximum atomic E-state index is 12.8. The Labute approximate surface area is 209 Å². The Bertz CT molecular complexity index is 1420. The molecule has 0 fully saturated rings. The Balaban J connectivity index is 1.35. The van der Waals surface area contributed by atoms with Crippen molar-refractivity contribution in [2.45, 2.75) is 19.0 Å². The van der Waals surface area contributed by atoms with E-state index in [9.17, 15) is 13.2 Å². The number of hydrogen-bond acceptors (Lipinski definition) is 0. The molecule has 0 spiro atoms. The zero-order valence-electron chi connectivity index (χ0n) is 19.7. The molecular formula is C33H25F3. The van der Waals surface area contributed by atoms with Crippen molar-refractivity contribution in [3.8, 4) is 33.4 Å². The summed E-state index contributed by atoms with van der Waals surface area (Å²) < 4.78 is 38.5. The van der Waals surface area contributed by atoms with Crippen LogP contribution >= 0.6 is 0 Å². The van der Waals surface area contributed by atoms with Crippen molar-refractivity contribution in [2.24, 2.45) is 0 Å². The lowest BCUT2D eigenvalue weighted by Crippen LogP contribution is -2.03. The van der Waals surface area contributed by atoms with Gasteiger partial charge < -0.3 is 0 Å². The van der Waals surface area contributed by atoms with Crippen molar-refractivity contribution < 1.29 is 13.2 Å². The number of halogens is 3. The van der Waals surface area contributed by atoms with Gasteiger partial charge >= 0.3 is 6.18 Å². The molecule has 3 heteroatoms. The smallest absolute Gasteiger partial charge is 0.166 e. The minimum atomic E-state index is -4.32. The van der Waals surface area contributed by atoms with E-state index in [-0.39, 0.29) is 0 Å². The van der Waals surface area contributed by atoms with Crippen molar-refractivity contribution in [1.29, 1.82) is 0 Å². The van der Waals surface area contributed by atoms with Crippen LogP contribution in [-0.4, -0.2) is 0 Å². The molecule has 0 atom stereocenters. The minimum Gasteiger partial charge on any atom is -0.166 e. The van der Waals surface area contributed by atoms with E-state index in [0.29, 0.717) is 0 Å². The average molecular weight is 479 g/mol. The first-order chi connectivity index (χ1) is 17.5. The van der Waals surface area contributed by atoms with E-state index in [2.05, 4.69) is 78.9 Å². The SMILES string of the molecule is FC(F)(F)c1ccc(-c2ccc(-c3cccc(-c4ccc(/C5=C/C=C\C=C/CC5)cc4)c3)cc2)cc1. The summed E-state index contributed by atoms with van der Waals surface area (Å²) in [6, 6.07) is 30.3. The van der Waals surface area contributed by atoms with Gasteiger partial charge in [-0.1, -0.05) is 109 Å². The van der Waals surface area contributed by atoms with E-state index in [4.69, 9.17) is 0 Å². The summed E-state index contributed by atoms with van der Waals surface area (Å²) in [7, 11) is 0. The summed E-state index contributed by atoms with van der Waals surface area (Å²) in [5.74, 6) is 0. The minimum absolute atomic E-state index is 0.636. The molecule has 0 bridgehead atoms. The average Bonchev–Trinajstić information content (AvgIpc) is 2.89. The Kier molecular flexibility index (Phi) is 6.73. The van der Waals surface area contributed by atoms with Crippen LogP contribution in [0.3, 0.4) is 0 Å². The first kappa shape index (κ1) is 23.6. The largest absolute Gasteiger partial charge is 0.416 e. The van der Waals surface area contributed by atoms with Gasteiger partial charge in [0.1, 0.15) is 0 Å². The van der Waals surface area contributed by atoms with Crippen molar-refractivity contribution in [2.75, 3.05) is 0 Å². The molecule has 0 amide bonds. The van der Waals surface area contributed by atoms with Crippen molar-refractivity contribution in [1.82, 2.24) is 0 Å². The predicted octanol–water partition coefficient (Wildman–Crippen LogP) is 10.00. The maximum absolute atomic E-state index is 12.8. The molecule has 0 N–H and O–H groups in total. The number of allylic oxidation sites excluding steroid dienone is 6. The third-order valence-electron chi connectivity index (χ3n) is 6.45. The Morgan fingerprint density at radius 2 is 1.00 bits per heavy atom. The molecule has 0 aliphatic heterocycles. The number of rotatable bonds is 4. The monoisotopic (exact) mass is 478 g/mol. The van der Waals surface area contributed by atoms with Crippen LogP contribution in [0.25, 0.3) is 39.0 Å². The highest BCUT2D eigenvalue weighted by molar-refractivity contribution is 5.76. The van der Waals surface area contributed by atoms with Crippen LogP contribution in [0, 0.1) is 0 Å². The van der Waals surface area contributed by atoms with Gasteiger partial charge in [0.25, 0.3) is 0 Å². The molecule has 1 aliphatic rings. The summed E-state index contributed by atoms with van der Waals surface area (Å²) >= 11 is 0. The third kappa shape index (κ3) is 5.41. The molecule has 4 aromatic rings. The molecule has 1 aliphatic carbocycles. The van der Waals surface area contributed by atoms with Gasteiger partial charge in [0.05, 0.1) is 5.56 Å². The Morgan fingerprint density at radius 1 is 0.500 bits per heavy atom. The molecule has 36 heavy (non-hydrogen) atoms. The third-order valence-corrected chi connectivity index (χ3v) is 6.45. The molecular weight excluding hydrogens is 453 g/mol. The fourth-order valence-electron chi connectivity index (χ4n) is 4.44. The standard InChI is InChI=1S/C33H25F3/c34-33(35,36)32-21-19-27(20-22-32)26-13-17-29(18-14-26)31-10-6-9-30(23-31)28-15-11-25(12-16-28)24-7-4-2-1-3-5-8-24/h1-4,6-7,9-23H,5,8H2/b3-1-,4-2-,24-7+. The molecule has 178 valence electrons. The lowest BCUT2D eigenvalue weighted by Gasteiger charge is -2.11. The summed E-state index contributed by atoms with van der Waals surface area (Å²) in [5.41, 5.74) is 8.03. The summed E-state index contributed by atoms with van der Waals surface area (Å²) in [6.07, 6.45) is 8.36. The first-order valence-corrected chi connectivity index (χ1v) is 12.0. The molecule has 0 nitrogen and oxygen atoms in total. The second-order valence-electron chi connectivity index (χ2n) is 8.85. The van der Waals surface area contributed by atoms with Crippen LogP contribution in [0.4, 0.5) is 13.2 Å². The topological polar surface area (TPSA) is 0 Å². The fourth-order valence-corrected chi connectivity index (χ4v) is 4.44. The molecule has 0 unspecified atom stereocenters. The molecule has 0 saturated heterocycles. The molecule has 0 radical (unpaired) electrons. The van der Waals surface area contributed by atoms with Crippen molar-refractivity contribution in [3.05, 3.63) is 139 Å². The van der Waals surface area contributed by atoms with Gasteiger partial charge in [-0.25, -0.2) is 0 Å². The summed E-state index contributed by atoms with van der Waals surface area (Å²) in [5, 5.41) is 0. The van der Waals surface area contributed by atoms with E-state index in [1.165, 1.54) is 23.3 Å². The molecule has 4 aromatic carbocycles. The summed E-state index contributed by atoms with van der Waals surface area (Å²) in [4.78, 5) is 0. The van der Waals surface area contributed by atoms with Gasteiger partial charge in [-0.05, 0) is 75.6 Å². The fraction of sp³-hybridized carbons (Fsp3) is 0.0909. The normalized spacial score (nSPS) is 16.9. The van der Waals surface area contributed by atoms with E-state index in [1.54, 1.807) is 0 Å². The van der Waals surface area contributed by atoms with Crippen LogP contribution in [0.1, 0.15) is 24.0 Å². The predicted molar refractivity (Wildman–Crippen MR) is 143 cm³/mol. The van der Waals surface area contributed by atoms with Crippen LogP contribution in [0.2, 0.25) is 0 Å². The lowest BCUT2D eigenvalue weighted by atomic mass is 9.94. The van der Waals surface area contributed by atoms with E-state index < -0.39 is 11.7 Å². The zero-order chi connectivity index (χ0) is 25.0. The molecule has 0 saturated carbocycles. The second-order valence-corrected chi connectivity index (χ2v) is 8.85. The van der Waals surface area contributed by atoms with Gasteiger partial charge in [0.2, 0.25) is 0 Å². The van der Waals surface area contributed by atoms with Crippen molar-refractivity contribution >= 4 is 5.57 Å². The molecule has 0 heterocycles. The van der Waals surface area contributed by atoms with Gasteiger partial charge in [0.15, 0.2) is 0 Å². The Hall–Kier alpha value is -4.11. The van der Waals surface area contributed by atoms with Gasteiger partial charge in [-0.2, -0.15) is 13.2 Å². The highest BCUT2D eigenvalue weighted by Gasteiger charge is 2.29. The Morgan fingerprint density at radius 3 is 1.56 bits per heavy atom. The number of alkyl halides is 3.